The fraction of sp³-hybridized carbons (Fsp3) is 0.571. The topological polar surface area (TPSA) is 61.8 Å². The Morgan fingerprint density at radius 3 is 1.95 bits per heavy atom. The molecule has 1 saturated carbocycles. The zero-order valence-corrected chi connectivity index (χ0v) is 11.4. The molecule has 0 N–H and O–H groups in total. The van der Waals surface area contributed by atoms with E-state index < -0.39 is 5.97 Å². The van der Waals surface area contributed by atoms with E-state index in [1.165, 1.54) is 14.2 Å². The molecule has 0 aromatic heterocycles. The van der Waals surface area contributed by atoms with Crippen molar-refractivity contribution in [3.05, 3.63) is 24.5 Å². The van der Waals surface area contributed by atoms with Gasteiger partial charge in [0.25, 0.3) is 0 Å². The molecule has 0 saturated heterocycles. The molecule has 0 spiro atoms. The Labute approximate surface area is 113 Å². The fourth-order valence-electron chi connectivity index (χ4n) is 2.19. The van der Waals surface area contributed by atoms with Crippen molar-refractivity contribution in [2.45, 2.75) is 31.8 Å². The van der Waals surface area contributed by atoms with Crippen LogP contribution in [0.25, 0.3) is 0 Å². The average molecular weight is 268 g/mol. The van der Waals surface area contributed by atoms with Crippen LogP contribution in [0.1, 0.15) is 25.7 Å². The van der Waals surface area contributed by atoms with E-state index in [0.29, 0.717) is 5.57 Å². The summed E-state index contributed by atoms with van der Waals surface area (Å²) in [5.41, 5.74) is 0.507. The maximum atomic E-state index is 11.4. The summed E-state index contributed by atoms with van der Waals surface area (Å²) in [6.07, 6.45) is 3.00. The molecule has 0 radical (unpaired) electrons. The van der Waals surface area contributed by atoms with E-state index in [-0.39, 0.29) is 23.8 Å². The van der Waals surface area contributed by atoms with Gasteiger partial charge in [-0.2, -0.15) is 0 Å². The molecule has 1 rings (SSSR count). The van der Waals surface area contributed by atoms with Gasteiger partial charge in [0.15, 0.2) is 5.76 Å². The third-order valence-electron chi connectivity index (χ3n) is 3.34. The van der Waals surface area contributed by atoms with Gasteiger partial charge in [0.05, 0.1) is 20.3 Å². The predicted molar refractivity (Wildman–Crippen MR) is 69.1 cm³/mol. The highest BCUT2D eigenvalue weighted by Crippen LogP contribution is 2.31. The van der Waals surface area contributed by atoms with E-state index in [1.807, 2.05) is 0 Å². The van der Waals surface area contributed by atoms with Crippen LogP contribution in [0.15, 0.2) is 24.5 Å². The summed E-state index contributed by atoms with van der Waals surface area (Å²) in [6, 6.07) is 0. The van der Waals surface area contributed by atoms with Crippen LogP contribution in [-0.4, -0.2) is 32.3 Å². The van der Waals surface area contributed by atoms with Crippen molar-refractivity contribution < 1.29 is 23.8 Å². The van der Waals surface area contributed by atoms with Crippen molar-refractivity contribution in [1.82, 2.24) is 0 Å². The molecule has 1 fully saturated rings. The predicted octanol–water partition coefficient (Wildman–Crippen LogP) is 1.98. The van der Waals surface area contributed by atoms with Gasteiger partial charge in [-0.3, -0.25) is 0 Å². The van der Waals surface area contributed by atoms with Gasteiger partial charge >= 0.3 is 11.9 Å². The van der Waals surface area contributed by atoms with Gasteiger partial charge in [-0.25, -0.2) is 9.59 Å². The summed E-state index contributed by atoms with van der Waals surface area (Å²) in [5.74, 6) is -0.763. The molecule has 106 valence electrons. The van der Waals surface area contributed by atoms with Gasteiger partial charge in [-0.05, 0) is 38.2 Å². The maximum Gasteiger partial charge on any atom is 0.372 e. The molecule has 0 bridgehead atoms. The molecule has 0 aromatic rings. The molecular formula is C14H20O5. The van der Waals surface area contributed by atoms with E-state index in [2.05, 4.69) is 22.6 Å². The van der Waals surface area contributed by atoms with Crippen LogP contribution >= 0.6 is 0 Å². The Morgan fingerprint density at radius 1 is 0.947 bits per heavy atom. The van der Waals surface area contributed by atoms with Crippen LogP contribution in [0.2, 0.25) is 0 Å². The highest BCUT2D eigenvalue weighted by Gasteiger charge is 2.28. The van der Waals surface area contributed by atoms with Crippen molar-refractivity contribution in [3.63, 3.8) is 0 Å². The van der Waals surface area contributed by atoms with Crippen molar-refractivity contribution in [1.29, 1.82) is 0 Å². The number of ether oxygens (including phenoxy) is 3. The summed E-state index contributed by atoms with van der Waals surface area (Å²) >= 11 is 0. The second-order valence-corrected chi connectivity index (χ2v) is 4.52. The highest BCUT2D eigenvalue weighted by molar-refractivity contribution is 5.88. The second kappa shape index (κ2) is 6.97. The summed E-state index contributed by atoms with van der Waals surface area (Å²) in [6.45, 7) is 7.30. The molecule has 0 amide bonds. The number of hydrogen-bond donors (Lipinski definition) is 0. The molecule has 0 unspecified atom stereocenters. The molecule has 19 heavy (non-hydrogen) atoms. The van der Waals surface area contributed by atoms with Gasteiger partial charge in [-0.15, -0.1) is 0 Å². The minimum atomic E-state index is -0.555. The van der Waals surface area contributed by atoms with Crippen LogP contribution in [0.4, 0.5) is 0 Å². The molecule has 5 nitrogen and oxygen atoms in total. The maximum absolute atomic E-state index is 11.4. The zero-order valence-electron chi connectivity index (χ0n) is 11.4. The number of rotatable bonds is 5. The molecule has 0 atom stereocenters. The van der Waals surface area contributed by atoms with Gasteiger partial charge in [0.2, 0.25) is 0 Å². The second-order valence-electron chi connectivity index (χ2n) is 4.52. The van der Waals surface area contributed by atoms with Gasteiger partial charge in [0.1, 0.15) is 0 Å². The first-order chi connectivity index (χ1) is 8.99. The molecule has 1 aliphatic carbocycles. The van der Waals surface area contributed by atoms with E-state index in [1.54, 1.807) is 0 Å². The van der Waals surface area contributed by atoms with Crippen LogP contribution in [0, 0.1) is 5.92 Å². The van der Waals surface area contributed by atoms with Gasteiger partial charge in [-0.1, -0.05) is 6.58 Å². The summed E-state index contributed by atoms with van der Waals surface area (Å²) in [5, 5.41) is 0. The van der Waals surface area contributed by atoms with E-state index in [9.17, 15) is 9.59 Å². The Bertz CT molecular complexity index is 377. The third kappa shape index (κ3) is 4.12. The minimum Gasteiger partial charge on any atom is -0.484 e. The quantitative estimate of drug-likeness (QED) is 0.433. The normalized spacial score (nSPS) is 22.2. The molecule has 0 heterocycles. The number of esters is 2. The molecule has 0 aliphatic heterocycles. The zero-order chi connectivity index (χ0) is 14.4. The van der Waals surface area contributed by atoms with Crippen molar-refractivity contribution in [2.24, 2.45) is 5.92 Å². The van der Waals surface area contributed by atoms with Crippen LogP contribution in [0.3, 0.4) is 0 Å². The minimum absolute atomic E-state index is 0.0257. The molecule has 5 heteroatoms. The first-order valence-corrected chi connectivity index (χ1v) is 6.20. The Balaban J connectivity index is 2.41. The molecular weight excluding hydrogens is 248 g/mol. The first-order valence-electron chi connectivity index (χ1n) is 6.20. The lowest BCUT2D eigenvalue weighted by atomic mass is 9.83. The van der Waals surface area contributed by atoms with Crippen LogP contribution in [-0.2, 0) is 23.8 Å². The Kier molecular flexibility index (Phi) is 5.60. The Hall–Kier alpha value is -1.78. The van der Waals surface area contributed by atoms with E-state index >= 15 is 0 Å². The number of carbonyl (C=O) groups excluding carboxylic acids is 2. The van der Waals surface area contributed by atoms with E-state index in [0.717, 1.165) is 25.7 Å². The first kappa shape index (κ1) is 15.3. The van der Waals surface area contributed by atoms with E-state index in [4.69, 9.17) is 4.74 Å². The SMILES string of the molecule is C=C(OC1CCC(C(=C)C(=O)OC)CC1)C(=O)OC. The lowest BCUT2D eigenvalue weighted by Crippen LogP contribution is -2.26. The smallest absolute Gasteiger partial charge is 0.372 e. The van der Waals surface area contributed by atoms with Crippen molar-refractivity contribution in [3.8, 4) is 0 Å². The van der Waals surface area contributed by atoms with Crippen molar-refractivity contribution >= 4 is 11.9 Å². The van der Waals surface area contributed by atoms with Gasteiger partial charge < -0.3 is 14.2 Å². The highest BCUT2D eigenvalue weighted by atomic mass is 16.6. The monoisotopic (exact) mass is 268 g/mol. The fourth-order valence-corrected chi connectivity index (χ4v) is 2.19. The Morgan fingerprint density at radius 2 is 1.47 bits per heavy atom. The largest absolute Gasteiger partial charge is 0.484 e. The summed E-state index contributed by atoms with van der Waals surface area (Å²) in [4.78, 5) is 22.5. The number of hydrogen-bond acceptors (Lipinski definition) is 5. The summed E-state index contributed by atoms with van der Waals surface area (Å²) < 4.78 is 14.6. The third-order valence-corrected chi connectivity index (χ3v) is 3.34. The van der Waals surface area contributed by atoms with Crippen LogP contribution < -0.4 is 0 Å². The standard InChI is InChI=1S/C14H20O5/c1-9(13(15)17-3)11-5-7-12(8-6-11)19-10(2)14(16)18-4/h11-12H,1-2,5-8H2,3-4H3. The van der Waals surface area contributed by atoms with Gasteiger partial charge in [0, 0.05) is 5.57 Å². The molecule has 0 aromatic carbocycles. The lowest BCUT2D eigenvalue weighted by molar-refractivity contribution is -0.141. The summed E-state index contributed by atoms with van der Waals surface area (Å²) in [7, 11) is 2.64. The average Bonchev–Trinajstić information content (AvgIpc) is 2.45. The number of carbonyl (C=O) groups is 2. The number of methoxy groups -OCH3 is 2. The van der Waals surface area contributed by atoms with Crippen LogP contribution in [0.5, 0.6) is 0 Å². The lowest BCUT2D eigenvalue weighted by Gasteiger charge is -2.29. The van der Waals surface area contributed by atoms with Crippen molar-refractivity contribution in [2.75, 3.05) is 14.2 Å². The molecule has 1 aliphatic rings.